The zero-order chi connectivity index (χ0) is 12.2. The average molecular weight is 246 g/mol. The van der Waals surface area contributed by atoms with Crippen molar-refractivity contribution in [2.24, 2.45) is 5.73 Å². The summed E-state index contributed by atoms with van der Waals surface area (Å²) in [5, 5.41) is -0.600. The lowest BCUT2D eigenvalue weighted by Gasteiger charge is -2.18. The maximum Gasteiger partial charge on any atom is 0.216 e. The monoisotopic (exact) mass is 246 g/mol. The van der Waals surface area contributed by atoms with Crippen molar-refractivity contribution in [1.29, 1.82) is 0 Å². The van der Waals surface area contributed by atoms with E-state index < -0.39 is 15.3 Å². The molecule has 4 N–H and O–H groups in total. The molecule has 1 aromatic heterocycles. The molecule has 0 radical (unpaired) electrons. The predicted octanol–water partition coefficient (Wildman–Crippen LogP) is 0.127. The maximum atomic E-state index is 11.8. The molecule has 2 atom stereocenters. The largest absolute Gasteiger partial charge is 0.347 e. The van der Waals surface area contributed by atoms with Crippen LogP contribution in [-0.2, 0) is 10.0 Å². The third kappa shape index (κ3) is 3.03. The first kappa shape index (κ1) is 13.1. The Bertz CT molecular complexity index is 401. The molecule has 0 aliphatic carbocycles. The molecule has 92 valence electrons. The minimum absolute atomic E-state index is 0.101. The molecule has 6 nitrogen and oxygen atoms in total. The number of aromatic nitrogens is 2. The zero-order valence-electron chi connectivity index (χ0n) is 9.47. The number of hydrogen-bond donors (Lipinski definition) is 3. The van der Waals surface area contributed by atoms with Gasteiger partial charge in [0.1, 0.15) is 5.82 Å². The highest BCUT2D eigenvalue weighted by Crippen LogP contribution is 2.14. The third-order valence-corrected chi connectivity index (χ3v) is 4.29. The summed E-state index contributed by atoms with van der Waals surface area (Å²) in [7, 11) is -3.38. The second-order valence-electron chi connectivity index (χ2n) is 3.64. The zero-order valence-corrected chi connectivity index (χ0v) is 10.3. The lowest BCUT2D eigenvalue weighted by atomic mass is 10.2. The van der Waals surface area contributed by atoms with E-state index in [-0.39, 0.29) is 12.6 Å². The molecule has 0 bridgehead atoms. The first-order valence-electron chi connectivity index (χ1n) is 5.21. The van der Waals surface area contributed by atoms with Crippen molar-refractivity contribution in [3.05, 3.63) is 18.2 Å². The van der Waals surface area contributed by atoms with Crippen molar-refractivity contribution in [3.8, 4) is 0 Å². The van der Waals surface area contributed by atoms with E-state index >= 15 is 0 Å². The maximum absolute atomic E-state index is 11.8. The Hall–Kier alpha value is -0.920. The molecule has 7 heteroatoms. The summed E-state index contributed by atoms with van der Waals surface area (Å²) < 4.78 is 26.2. The number of aromatic amines is 1. The molecule has 2 unspecified atom stereocenters. The molecule has 0 aromatic carbocycles. The number of imidazole rings is 1. The van der Waals surface area contributed by atoms with Crippen molar-refractivity contribution >= 4 is 10.0 Å². The van der Waals surface area contributed by atoms with Crippen LogP contribution in [-0.4, -0.2) is 30.2 Å². The molecule has 0 saturated carbocycles. The lowest BCUT2D eigenvalue weighted by Crippen LogP contribution is -2.39. The summed E-state index contributed by atoms with van der Waals surface area (Å²) in [6, 6.07) is -0.325. The fourth-order valence-corrected chi connectivity index (χ4v) is 2.40. The SMILES string of the molecule is CCC(NS(=O)(=O)C(C)CN)c1ncc[nH]1. The Morgan fingerprint density at radius 3 is 2.75 bits per heavy atom. The predicted molar refractivity (Wildman–Crippen MR) is 62.2 cm³/mol. The van der Waals surface area contributed by atoms with E-state index in [1.807, 2.05) is 6.92 Å². The summed E-state index contributed by atoms with van der Waals surface area (Å²) in [6.07, 6.45) is 3.89. The van der Waals surface area contributed by atoms with Crippen LogP contribution in [0.15, 0.2) is 12.4 Å². The van der Waals surface area contributed by atoms with Gasteiger partial charge < -0.3 is 10.7 Å². The summed E-state index contributed by atoms with van der Waals surface area (Å²) in [4.78, 5) is 6.94. The second kappa shape index (κ2) is 5.42. The number of H-pyrrole nitrogens is 1. The van der Waals surface area contributed by atoms with Crippen LogP contribution in [0.5, 0.6) is 0 Å². The second-order valence-corrected chi connectivity index (χ2v) is 5.77. The van der Waals surface area contributed by atoms with Crippen LogP contribution in [0, 0.1) is 0 Å². The van der Waals surface area contributed by atoms with Crippen LogP contribution >= 0.6 is 0 Å². The number of nitrogens with zero attached hydrogens (tertiary/aromatic N) is 1. The van der Waals surface area contributed by atoms with Gasteiger partial charge in [-0.15, -0.1) is 0 Å². The van der Waals surface area contributed by atoms with Crippen molar-refractivity contribution in [2.75, 3.05) is 6.54 Å². The summed E-state index contributed by atoms with van der Waals surface area (Å²) >= 11 is 0. The van der Waals surface area contributed by atoms with Crippen LogP contribution in [0.2, 0.25) is 0 Å². The van der Waals surface area contributed by atoms with E-state index in [9.17, 15) is 8.42 Å². The Balaban J connectivity index is 2.79. The Labute approximate surface area is 95.7 Å². The van der Waals surface area contributed by atoms with E-state index in [2.05, 4.69) is 14.7 Å². The molecule has 0 saturated heterocycles. The smallest absolute Gasteiger partial charge is 0.216 e. The fourth-order valence-electron chi connectivity index (χ4n) is 1.24. The van der Waals surface area contributed by atoms with Crippen LogP contribution in [0.3, 0.4) is 0 Å². The van der Waals surface area contributed by atoms with Crippen LogP contribution < -0.4 is 10.5 Å². The van der Waals surface area contributed by atoms with E-state index in [0.29, 0.717) is 12.2 Å². The number of nitrogens with two attached hydrogens (primary N) is 1. The highest BCUT2D eigenvalue weighted by molar-refractivity contribution is 7.90. The number of nitrogens with one attached hydrogen (secondary N) is 2. The molecular formula is C9H18N4O2S. The van der Waals surface area contributed by atoms with Crippen molar-refractivity contribution in [2.45, 2.75) is 31.6 Å². The molecule has 0 amide bonds. The highest BCUT2D eigenvalue weighted by Gasteiger charge is 2.24. The topological polar surface area (TPSA) is 101 Å². The van der Waals surface area contributed by atoms with Gasteiger partial charge in [-0.05, 0) is 13.3 Å². The molecule has 1 rings (SSSR count). The van der Waals surface area contributed by atoms with Crippen molar-refractivity contribution in [3.63, 3.8) is 0 Å². The lowest BCUT2D eigenvalue weighted by molar-refractivity contribution is 0.530. The fraction of sp³-hybridized carbons (Fsp3) is 0.667. The summed E-state index contributed by atoms with van der Waals surface area (Å²) in [5.41, 5.74) is 5.35. The minimum atomic E-state index is -3.38. The molecule has 0 spiro atoms. The Morgan fingerprint density at radius 1 is 1.62 bits per heavy atom. The molecule has 0 aliphatic heterocycles. The van der Waals surface area contributed by atoms with Gasteiger partial charge in [0, 0.05) is 18.9 Å². The molecule has 1 heterocycles. The van der Waals surface area contributed by atoms with Gasteiger partial charge in [0.15, 0.2) is 0 Å². The molecule has 1 aromatic rings. The van der Waals surface area contributed by atoms with Crippen LogP contribution in [0.4, 0.5) is 0 Å². The number of hydrogen-bond acceptors (Lipinski definition) is 4. The van der Waals surface area contributed by atoms with E-state index in [1.165, 1.54) is 0 Å². The van der Waals surface area contributed by atoms with E-state index in [4.69, 9.17) is 5.73 Å². The molecule has 0 fully saturated rings. The Kier molecular flexibility index (Phi) is 4.45. The molecular weight excluding hydrogens is 228 g/mol. The summed E-state index contributed by atoms with van der Waals surface area (Å²) in [5.74, 6) is 0.621. The average Bonchev–Trinajstić information content (AvgIpc) is 2.78. The van der Waals surface area contributed by atoms with Gasteiger partial charge in [0.2, 0.25) is 10.0 Å². The van der Waals surface area contributed by atoms with Gasteiger partial charge in [0.05, 0.1) is 11.3 Å². The van der Waals surface area contributed by atoms with Gasteiger partial charge in [-0.3, -0.25) is 0 Å². The quantitative estimate of drug-likeness (QED) is 0.664. The Morgan fingerprint density at radius 2 is 2.31 bits per heavy atom. The first-order chi connectivity index (χ1) is 7.51. The molecule has 16 heavy (non-hydrogen) atoms. The summed E-state index contributed by atoms with van der Waals surface area (Å²) in [6.45, 7) is 3.57. The normalized spacial score (nSPS) is 15.9. The van der Waals surface area contributed by atoms with Crippen LogP contribution in [0.25, 0.3) is 0 Å². The van der Waals surface area contributed by atoms with Gasteiger partial charge in [-0.25, -0.2) is 18.1 Å². The number of rotatable bonds is 6. The standard InChI is InChI=1S/C9H18N4O2S/c1-3-8(9-11-4-5-12-9)13-16(14,15)7(2)6-10/h4-5,7-8,13H,3,6,10H2,1-2H3,(H,11,12). The van der Waals surface area contributed by atoms with Crippen molar-refractivity contribution < 1.29 is 8.42 Å². The van der Waals surface area contributed by atoms with Gasteiger partial charge >= 0.3 is 0 Å². The van der Waals surface area contributed by atoms with Gasteiger partial charge in [-0.2, -0.15) is 0 Å². The number of sulfonamides is 1. The minimum Gasteiger partial charge on any atom is -0.347 e. The van der Waals surface area contributed by atoms with Crippen LogP contribution in [0.1, 0.15) is 32.1 Å². The van der Waals surface area contributed by atoms with Gasteiger partial charge in [-0.1, -0.05) is 6.92 Å². The molecule has 0 aliphatic rings. The highest BCUT2D eigenvalue weighted by atomic mass is 32.2. The first-order valence-corrected chi connectivity index (χ1v) is 6.76. The van der Waals surface area contributed by atoms with Crippen molar-refractivity contribution in [1.82, 2.24) is 14.7 Å². The third-order valence-electron chi connectivity index (χ3n) is 2.43. The van der Waals surface area contributed by atoms with E-state index in [1.54, 1.807) is 19.3 Å². The van der Waals surface area contributed by atoms with E-state index in [0.717, 1.165) is 0 Å². The van der Waals surface area contributed by atoms with Gasteiger partial charge in [0.25, 0.3) is 0 Å².